The number of carbonyl (C=O) groups is 2. The van der Waals surface area contributed by atoms with Gasteiger partial charge in [-0.1, -0.05) is 55.1 Å². The quantitative estimate of drug-likeness (QED) is 0.171. The van der Waals surface area contributed by atoms with Crippen LogP contribution in [0.1, 0.15) is 49.9 Å². The lowest BCUT2D eigenvalue weighted by Crippen LogP contribution is -2.38. The number of rotatable bonds is 10. The van der Waals surface area contributed by atoms with Crippen LogP contribution in [-0.4, -0.2) is 60.3 Å². The lowest BCUT2D eigenvalue weighted by atomic mass is 9.91. The topological polar surface area (TPSA) is 158 Å². The predicted octanol–water partition coefficient (Wildman–Crippen LogP) is 4.33. The van der Waals surface area contributed by atoms with Crippen molar-refractivity contribution in [3.63, 3.8) is 0 Å². The van der Waals surface area contributed by atoms with Crippen LogP contribution in [0.4, 0.5) is 5.69 Å². The zero-order valence-corrected chi connectivity index (χ0v) is 25.2. The zero-order chi connectivity index (χ0) is 31.2. The van der Waals surface area contributed by atoms with Crippen molar-refractivity contribution in [3.05, 3.63) is 89.5 Å². The summed E-state index contributed by atoms with van der Waals surface area (Å²) >= 11 is 1.44. The number of aliphatic hydroxyl groups is 1. The van der Waals surface area contributed by atoms with E-state index in [2.05, 4.69) is 27.8 Å². The van der Waals surface area contributed by atoms with E-state index in [9.17, 15) is 19.8 Å². The molecule has 230 valence electrons. The van der Waals surface area contributed by atoms with E-state index in [1.54, 1.807) is 47.1 Å². The van der Waals surface area contributed by atoms with E-state index < -0.39 is 24.3 Å². The summed E-state index contributed by atoms with van der Waals surface area (Å²) in [5.74, 6) is -0.435. The van der Waals surface area contributed by atoms with Gasteiger partial charge in [0.15, 0.2) is 12.4 Å². The second-order valence-corrected chi connectivity index (χ2v) is 11.4. The summed E-state index contributed by atoms with van der Waals surface area (Å²) in [6.45, 7) is 4.75. The molecule has 5 unspecified atom stereocenters. The van der Waals surface area contributed by atoms with Crippen LogP contribution in [0, 0.1) is 5.92 Å². The molecular weight excluding hydrogens is 586 g/mol. The Bertz CT molecular complexity index is 1580. The molecule has 0 spiro atoms. The molecule has 0 radical (unpaired) electrons. The normalized spacial score (nSPS) is 20.5. The molecule has 2 heterocycles. The van der Waals surface area contributed by atoms with E-state index in [-0.39, 0.29) is 30.5 Å². The molecule has 12 nitrogen and oxygen atoms in total. The van der Waals surface area contributed by atoms with Crippen LogP contribution in [-0.2, 0) is 30.4 Å². The fourth-order valence-electron chi connectivity index (χ4n) is 4.80. The van der Waals surface area contributed by atoms with Crippen molar-refractivity contribution in [2.24, 2.45) is 5.92 Å². The third-order valence-corrected chi connectivity index (χ3v) is 8.18. The van der Waals surface area contributed by atoms with Crippen LogP contribution >= 0.6 is 11.8 Å². The Morgan fingerprint density at radius 1 is 1.07 bits per heavy atom. The van der Waals surface area contributed by atoms with E-state index in [0.717, 1.165) is 11.1 Å². The van der Waals surface area contributed by atoms with Gasteiger partial charge in [-0.2, -0.15) is 4.68 Å². The molecule has 1 aliphatic heterocycles. The zero-order valence-electron chi connectivity index (χ0n) is 24.4. The Morgan fingerprint density at radius 2 is 1.82 bits per heavy atom. The lowest BCUT2D eigenvalue weighted by molar-refractivity contribution is -0.268. The number of aromatic nitrogens is 4. The van der Waals surface area contributed by atoms with Gasteiger partial charge in [-0.25, -0.2) is 0 Å². The van der Waals surface area contributed by atoms with Gasteiger partial charge in [0, 0.05) is 29.8 Å². The minimum Gasteiger partial charge on any atom is -0.508 e. The number of phenols is 1. The van der Waals surface area contributed by atoms with Crippen molar-refractivity contribution in [1.29, 1.82) is 0 Å². The van der Waals surface area contributed by atoms with Gasteiger partial charge in [0.1, 0.15) is 5.75 Å². The molecule has 3 aromatic carbocycles. The average Bonchev–Trinajstić information content (AvgIpc) is 3.49. The minimum absolute atomic E-state index is 0.0588. The number of benzene rings is 3. The van der Waals surface area contributed by atoms with Crippen LogP contribution < -0.4 is 5.32 Å². The molecule has 5 atom stereocenters. The standard InChI is InChI=1S/C31H33N5O7S/c1-18-27(17-44-31-33-34-35-36(31)25-11-13-26(39)14-12-25)42-30(43-28(18)22-9-7-21(16-37)8-10-22)23-5-4-6-24(15-23)32-29(40)19(2)41-20(3)38/h4-15,18-19,27-28,30,37,39H,16-17H2,1-3H3,(H,32,40). The van der Waals surface area contributed by atoms with E-state index in [1.165, 1.54) is 25.6 Å². The van der Waals surface area contributed by atoms with Gasteiger partial charge in [-0.3, -0.25) is 9.59 Å². The maximum absolute atomic E-state index is 12.6. The van der Waals surface area contributed by atoms with Crippen LogP contribution in [0.15, 0.2) is 78.0 Å². The Hall–Kier alpha value is -4.30. The molecule has 1 aliphatic rings. The highest BCUT2D eigenvalue weighted by Crippen LogP contribution is 2.43. The highest BCUT2D eigenvalue weighted by Gasteiger charge is 2.38. The first-order valence-corrected chi connectivity index (χ1v) is 15.0. The first-order chi connectivity index (χ1) is 21.2. The Balaban J connectivity index is 1.38. The molecule has 1 saturated heterocycles. The molecule has 13 heteroatoms. The molecule has 0 aliphatic carbocycles. The number of esters is 1. The smallest absolute Gasteiger partial charge is 0.303 e. The number of nitrogens with one attached hydrogen (secondary N) is 1. The molecular formula is C31H33N5O7S. The van der Waals surface area contributed by atoms with Gasteiger partial charge in [0.2, 0.25) is 5.16 Å². The van der Waals surface area contributed by atoms with E-state index >= 15 is 0 Å². The number of hydrogen-bond acceptors (Lipinski definition) is 11. The van der Waals surface area contributed by atoms with Gasteiger partial charge >= 0.3 is 5.97 Å². The second kappa shape index (κ2) is 14.0. The van der Waals surface area contributed by atoms with Crippen LogP contribution in [0.25, 0.3) is 5.69 Å². The number of ether oxygens (including phenoxy) is 3. The molecule has 5 rings (SSSR count). The van der Waals surface area contributed by atoms with Crippen LogP contribution in [0.5, 0.6) is 5.75 Å². The van der Waals surface area contributed by atoms with Gasteiger partial charge in [-0.15, -0.1) is 5.10 Å². The Kier molecular flexibility index (Phi) is 9.90. The number of phenolic OH excluding ortho intramolecular Hbond substituents is 1. The summed E-state index contributed by atoms with van der Waals surface area (Å²) in [4.78, 5) is 23.8. The van der Waals surface area contributed by atoms with Crippen LogP contribution in [0.2, 0.25) is 0 Å². The average molecular weight is 620 g/mol. The third kappa shape index (κ3) is 7.42. The number of tetrazole rings is 1. The number of aliphatic hydroxyl groups excluding tert-OH is 1. The molecule has 3 N–H and O–H groups in total. The Labute approximate surface area is 258 Å². The van der Waals surface area contributed by atoms with Crippen molar-refractivity contribution in [3.8, 4) is 11.4 Å². The number of carbonyl (C=O) groups excluding carboxylic acids is 2. The summed E-state index contributed by atoms with van der Waals surface area (Å²) in [5, 5.41) is 34.7. The number of thioether (sulfide) groups is 1. The summed E-state index contributed by atoms with van der Waals surface area (Å²) in [5.41, 5.74) is 3.63. The van der Waals surface area contributed by atoms with E-state index in [1.807, 2.05) is 30.3 Å². The molecule has 1 aromatic heterocycles. The molecule has 44 heavy (non-hydrogen) atoms. The Morgan fingerprint density at radius 3 is 2.52 bits per heavy atom. The van der Waals surface area contributed by atoms with Crippen molar-refractivity contribution in [2.45, 2.75) is 57.1 Å². The van der Waals surface area contributed by atoms with Gasteiger partial charge < -0.3 is 29.7 Å². The molecule has 4 aromatic rings. The maximum atomic E-state index is 12.6. The number of nitrogens with zero attached hydrogens (tertiary/aromatic N) is 4. The lowest BCUT2D eigenvalue weighted by Gasteiger charge is -2.41. The second-order valence-electron chi connectivity index (χ2n) is 10.4. The predicted molar refractivity (Wildman–Crippen MR) is 161 cm³/mol. The number of amides is 1. The summed E-state index contributed by atoms with van der Waals surface area (Å²) in [7, 11) is 0. The van der Waals surface area contributed by atoms with Crippen molar-refractivity contribution >= 4 is 29.3 Å². The third-order valence-electron chi connectivity index (χ3n) is 7.17. The molecule has 0 saturated carbocycles. The summed E-state index contributed by atoms with van der Waals surface area (Å²) < 4.78 is 19.6. The first kappa shape index (κ1) is 31.1. The van der Waals surface area contributed by atoms with Gasteiger partial charge in [-0.05, 0) is 64.9 Å². The van der Waals surface area contributed by atoms with Crippen molar-refractivity contribution in [1.82, 2.24) is 20.2 Å². The number of aromatic hydroxyl groups is 1. The molecule has 0 bridgehead atoms. The first-order valence-electron chi connectivity index (χ1n) is 14.0. The number of hydrogen-bond donors (Lipinski definition) is 3. The highest BCUT2D eigenvalue weighted by atomic mass is 32.2. The van der Waals surface area contributed by atoms with Crippen molar-refractivity contribution in [2.75, 3.05) is 11.1 Å². The van der Waals surface area contributed by atoms with Gasteiger partial charge in [0.25, 0.3) is 5.91 Å². The fourth-order valence-corrected chi connectivity index (χ4v) is 5.85. The van der Waals surface area contributed by atoms with E-state index in [0.29, 0.717) is 27.8 Å². The summed E-state index contributed by atoms with van der Waals surface area (Å²) in [6.07, 6.45) is -2.36. The molecule has 1 amide bonds. The monoisotopic (exact) mass is 619 g/mol. The SMILES string of the molecule is CC(=O)OC(C)C(=O)Nc1cccc(C2OC(CSc3nnnn3-c3ccc(O)cc3)C(C)C(c3ccc(CO)cc3)O2)c1. The van der Waals surface area contributed by atoms with Gasteiger partial charge in [0.05, 0.1) is 24.5 Å². The van der Waals surface area contributed by atoms with Crippen molar-refractivity contribution < 1.29 is 34.0 Å². The minimum atomic E-state index is -0.954. The largest absolute Gasteiger partial charge is 0.508 e. The van der Waals surface area contributed by atoms with Crippen LogP contribution in [0.3, 0.4) is 0 Å². The molecule has 1 fully saturated rings. The fraction of sp³-hybridized carbons (Fsp3) is 0.323. The highest BCUT2D eigenvalue weighted by molar-refractivity contribution is 7.99. The summed E-state index contributed by atoms with van der Waals surface area (Å²) in [6, 6.07) is 21.3. The maximum Gasteiger partial charge on any atom is 0.303 e. The number of anilines is 1. The van der Waals surface area contributed by atoms with E-state index in [4.69, 9.17) is 14.2 Å².